The number of halogens is 1. The summed E-state index contributed by atoms with van der Waals surface area (Å²) in [6.07, 6.45) is -1.90. The maximum Gasteiger partial charge on any atom is 0.256 e. The normalized spacial score (nSPS) is 11.7. The third-order valence-electron chi connectivity index (χ3n) is 3.82. The molecule has 7 heteroatoms. The number of thiophene rings is 1. The highest BCUT2D eigenvalue weighted by atomic mass is 32.1. The average molecular weight is 369 g/mol. The van der Waals surface area contributed by atoms with Gasteiger partial charge in [-0.15, -0.1) is 11.3 Å². The lowest BCUT2D eigenvalue weighted by molar-refractivity contribution is -0.122. The molecule has 1 aromatic heterocycles. The first-order chi connectivity index (χ1) is 12.5. The monoisotopic (exact) mass is 369 g/mol. The van der Waals surface area contributed by atoms with E-state index in [-0.39, 0.29) is 11.5 Å². The number of nitrogens with two attached hydrogens (primary N) is 2. The minimum Gasteiger partial charge on any atom is -0.397 e. The van der Waals surface area contributed by atoms with Crippen molar-refractivity contribution < 1.29 is 14.0 Å². The van der Waals surface area contributed by atoms with E-state index in [0.29, 0.717) is 16.9 Å². The number of carbonyl (C=O) groups is 2. The van der Waals surface area contributed by atoms with Crippen molar-refractivity contribution in [3.8, 4) is 10.4 Å². The Hall–Kier alpha value is -3.19. The molecular formula is C19H16FN3O2S. The van der Waals surface area contributed by atoms with E-state index >= 15 is 0 Å². The van der Waals surface area contributed by atoms with Gasteiger partial charge in [-0.25, -0.2) is 4.39 Å². The van der Waals surface area contributed by atoms with Gasteiger partial charge < -0.3 is 16.8 Å². The summed E-state index contributed by atoms with van der Waals surface area (Å²) in [6, 6.07) is 14.9. The molecule has 26 heavy (non-hydrogen) atoms. The van der Waals surface area contributed by atoms with Crippen LogP contribution in [-0.4, -0.2) is 11.8 Å². The summed E-state index contributed by atoms with van der Waals surface area (Å²) in [4.78, 5) is 24.4. The van der Waals surface area contributed by atoms with Gasteiger partial charge in [-0.3, -0.25) is 9.59 Å². The Balaban J connectivity index is 1.79. The maximum absolute atomic E-state index is 13.6. The number of nitrogen functional groups attached to an aromatic ring is 1. The lowest BCUT2D eigenvalue weighted by Crippen LogP contribution is -2.18. The molecule has 2 aromatic carbocycles. The smallest absolute Gasteiger partial charge is 0.256 e. The summed E-state index contributed by atoms with van der Waals surface area (Å²) in [7, 11) is 0. The minimum absolute atomic E-state index is 0.105. The fraction of sp³-hybridized carbons (Fsp3) is 0.0526. The van der Waals surface area contributed by atoms with Gasteiger partial charge in [-0.2, -0.15) is 0 Å². The van der Waals surface area contributed by atoms with Crippen molar-refractivity contribution in [2.45, 2.75) is 6.17 Å². The molecule has 0 fully saturated rings. The fourth-order valence-corrected chi connectivity index (χ4v) is 3.15. The van der Waals surface area contributed by atoms with Crippen molar-refractivity contribution in [3.63, 3.8) is 0 Å². The number of amides is 2. The van der Waals surface area contributed by atoms with Gasteiger partial charge >= 0.3 is 0 Å². The first-order valence-electron chi connectivity index (χ1n) is 7.74. The van der Waals surface area contributed by atoms with Gasteiger partial charge in [-0.05, 0) is 46.8 Å². The van der Waals surface area contributed by atoms with Gasteiger partial charge in [0.05, 0.1) is 11.4 Å². The van der Waals surface area contributed by atoms with E-state index in [1.165, 1.54) is 24.3 Å². The molecule has 5 nitrogen and oxygen atoms in total. The van der Waals surface area contributed by atoms with Crippen LogP contribution in [0.2, 0.25) is 0 Å². The average Bonchev–Trinajstić information content (AvgIpc) is 3.17. The van der Waals surface area contributed by atoms with Crippen LogP contribution in [0.1, 0.15) is 22.1 Å². The topological polar surface area (TPSA) is 98.2 Å². The predicted octanol–water partition coefficient (Wildman–Crippen LogP) is 3.75. The van der Waals surface area contributed by atoms with Gasteiger partial charge in [0.15, 0.2) is 0 Å². The second-order valence-corrected chi connectivity index (χ2v) is 6.57. The first kappa shape index (κ1) is 17.6. The first-order valence-corrected chi connectivity index (χ1v) is 8.62. The van der Waals surface area contributed by atoms with Gasteiger partial charge in [0, 0.05) is 10.4 Å². The lowest BCUT2D eigenvalue weighted by atomic mass is 10.1. The highest BCUT2D eigenvalue weighted by molar-refractivity contribution is 7.13. The number of benzene rings is 2. The van der Waals surface area contributed by atoms with E-state index in [9.17, 15) is 14.0 Å². The SMILES string of the molecule is NC(=O)[C@H](F)c1ccc(C(=O)Nc2cc(-c3cccs3)ccc2N)cc1. The lowest BCUT2D eigenvalue weighted by Gasteiger charge is -2.11. The van der Waals surface area contributed by atoms with Crippen LogP contribution in [-0.2, 0) is 4.79 Å². The van der Waals surface area contributed by atoms with Crippen molar-refractivity contribution in [3.05, 3.63) is 71.1 Å². The van der Waals surface area contributed by atoms with Crippen LogP contribution < -0.4 is 16.8 Å². The van der Waals surface area contributed by atoms with Crippen molar-refractivity contribution in [1.29, 1.82) is 0 Å². The highest BCUT2D eigenvalue weighted by Crippen LogP contribution is 2.30. The number of anilines is 2. The number of nitrogens with one attached hydrogen (secondary N) is 1. The quantitative estimate of drug-likeness (QED) is 0.597. The van der Waals surface area contributed by atoms with Crippen molar-refractivity contribution in [2.24, 2.45) is 5.73 Å². The summed E-state index contributed by atoms with van der Waals surface area (Å²) in [5.41, 5.74) is 13.2. The molecule has 3 rings (SSSR count). The third-order valence-corrected chi connectivity index (χ3v) is 4.74. The molecule has 132 valence electrons. The number of rotatable bonds is 5. The third kappa shape index (κ3) is 3.73. The molecule has 0 radical (unpaired) electrons. The molecule has 0 aliphatic heterocycles. The van der Waals surface area contributed by atoms with E-state index in [4.69, 9.17) is 11.5 Å². The van der Waals surface area contributed by atoms with Crippen LogP contribution in [0.4, 0.5) is 15.8 Å². The molecule has 0 spiro atoms. The van der Waals surface area contributed by atoms with Crippen LogP contribution >= 0.6 is 11.3 Å². The summed E-state index contributed by atoms with van der Waals surface area (Å²) < 4.78 is 13.6. The molecule has 0 aliphatic rings. The molecular weight excluding hydrogens is 353 g/mol. The van der Waals surface area contributed by atoms with Crippen molar-refractivity contribution >= 4 is 34.5 Å². The van der Waals surface area contributed by atoms with E-state index in [0.717, 1.165) is 10.4 Å². The number of hydrogen-bond donors (Lipinski definition) is 3. The van der Waals surface area contributed by atoms with Gasteiger partial charge in [-0.1, -0.05) is 24.3 Å². The Kier molecular flexibility index (Phi) is 4.99. The Morgan fingerprint density at radius 2 is 1.81 bits per heavy atom. The Morgan fingerprint density at radius 3 is 2.42 bits per heavy atom. The fourth-order valence-electron chi connectivity index (χ4n) is 2.42. The van der Waals surface area contributed by atoms with E-state index < -0.39 is 12.1 Å². The highest BCUT2D eigenvalue weighted by Gasteiger charge is 2.17. The molecule has 2 amide bonds. The van der Waals surface area contributed by atoms with Gasteiger partial charge in [0.25, 0.3) is 11.8 Å². The van der Waals surface area contributed by atoms with Gasteiger partial charge in [0.2, 0.25) is 6.17 Å². The summed E-state index contributed by atoms with van der Waals surface area (Å²) in [5, 5.41) is 4.72. The molecule has 1 atom stereocenters. The standard InChI is InChI=1S/C19H16FN3O2S/c20-17(18(22)24)11-3-5-12(6-4-11)19(25)23-15-10-13(7-8-14(15)21)16-2-1-9-26-16/h1-10,17H,21H2,(H2,22,24)(H,23,25)/t17-/m1/s1. The molecule has 0 bridgehead atoms. The Morgan fingerprint density at radius 1 is 1.08 bits per heavy atom. The van der Waals surface area contributed by atoms with Crippen LogP contribution in [0.15, 0.2) is 60.0 Å². The number of alkyl halides is 1. The van der Waals surface area contributed by atoms with Crippen LogP contribution in [0.5, 0.6) is 0 Å². The predicted molar refractivity (Wildman–Crippen MR) is 102 cm³/mol. The summed E-state index contributed by atoms with van der Waals surface area (Å²) in [6.45, 7) is 0. The van der Waals surface area contributed by atoms with Crippen molar-refractivity contribution in [2.75, 3.05) is 11.1 Å². The molecule has 1 heterocycles. The molecule has 0 saturated heterocycles. The Labute approximate surface area is 153 Å². The zero-order valence-corrected chi connectivity index (χ0v) is 14.4. The Bertz CT molecular complexity index is 940. The number of hydrogen-bond acceptors (Lipinski definition) is 4. The van der Waals surface area contributed by atoms with Gasteiger partial charge in [0.1, 0.15) is 0 Å². The molecule has 0 aliphatic carbocycles. The zero-order chi connectivity index (χ0) is 18.7. The van der Waals surface area contributed by atoms with E-state index in [1.54, 1.807) is 23.5 Å². The number of primary amides is 1. The molecule has 5 N–H and O–H groups in total. The largest absolute Gasteiger partial charge is 0.397 e. The van der Waals surface area contributed by atoms with Crippen LogP contribution in [0, 0.1) is 0 Å². The van der Waals surface area contributed by atoms with Crippen LogP contribution in [0.3, 0.4) is 0 Å². The zero-order valence-electron chi connectivity index (χ0n) is 13.6. The van der Waals surface area contributed by atoms with Crippen LogP contribution in [0.25, 0.3) is 10.4 Å². The molecule has 0 unspecified atom stereocenters. The number of carbonyl (C=O) groups excluding carboxylic acids is 2. The maximum atomic E-state index is 13.6. The van der Waals surface area contributed by atoms with Crippen molar-refractivity contribution in [1.82, 2.24) is 0 Å². The summed E-state index contributed by atoms with van der Waals surface area (Å²) >= 11 is 1.59. The van der Waals surface area contributed by atoms with E-state index in [1.807, 2.05) is 23.6 Å². The second-order valence-electron chi connectivity index (χ2n) is 5.62. The minimum atomic E-state index is -1.90. The molecule has 0 saturated carbocycles. The summed E-state index contributed by atoms with van der Waals surface area (Å²) in [5.74, 6) is -1.46. The molecule has 3 aromatic rings. The van der Waals surface area contributed by atoms with E-state index in [2.05, 4.69) is 5.32 Å². The second kappa shape index (κ2) is 7.37.